The number of aryl methyl sites for hydroxylation is 1. The van der Waals surface area contributed by atoms with E-state index in [2.05, 4.69) is 28.7 Å². The highest BCUT2D eigenvalue weighted by molar-refractivity contribution is 5.85. The van der Waals surface area contributed by atoms with Gasteiger partial charge in [0.2, 0.25) is 0 Å². The fraction of sp³-hybridized carbons (Fsp3) is 0.611. The molecule has 1 aliphatic heterocycles. The summed E-state index contributed by atoms with van der Waals surface area (Å²) in [4.78, 5) is 9.54. The molecule has 2 N–H and O–H groups in total. The number of aromatic nitrogens is 4. The largest absolute Gasteiger partial charge is 0.374 e. The van der Waals surface area contributed by atoms with E-state index in [0.717, 1.165) is 55.4 Å². The van der Waals surface area contributed by atoms with Gasteiger partial charge in [-0.15, -0.1) is 24.8 Å². The number of rotatable bonds is 7. The number of nitrogens with one attached hydrogen (secondary N) is 2. The van der Waals surface area contributed by atoms with Crippen molar-refractivity contribution in [3.63, 3.8) is 0 Å². The number of halogens is 2. The quantitative estimate of drug-likeness (QED) is 0.722. The highest BCUT2D eigenvalue weighted by Crippen LogP contribution is 2.26. The second-order valence-electron chi connectivity index (χ2n) is 6.29. The number of anilines is 1. The third-order valence-corrected chi connectivity index (χ3v) is 4.60. The van der Waals surface area contributed by atoms with Crippen molar-refractivity contribution < 1.29 is 4.74 Å². The molecule has 0 saturated carbocycles. The third-order valence-electron chi connectivity index (χ3n) is 4.60. The summed E-state index contributed by atoms with van der Waals surface area (Å²) in [6, 6.07) is 2.23. The summed E-state index contributed by atoms with van der Waals surface area (Å²) in [7, 11) is 1.98. The SMILES string of the molecule is CCOCc1nc2c(c(NC(CC)c3ccnn3C)n1)CCNCC2.Cl.Cl. The average molecular weight is 417 g/mol. The molecule has 0 amide bonds. The fourth-order valence-corrected chi connectivity index (χ4v) is 3.25. The van der Waals surface area contributed by atoms with Crippen LogP contribution in [0.25, 0.3) is 0 Å². The monoisotopic (exact) mass is 416 g/mol. The summed E-state index contributed by atoms with van der Waals surface area (Å²) in [5.41, 5.74) is 3.52. The van der Waals surface area contributed by atoms with Crippen LogP contribution in [-0.4, -0.2) is 39.4 Å². The normalized spacial score (nSPS) is 14.3. The van der Waals surface area contributed by atoms with Gasteiger partial charge in [0.15, 0.2) is 5.82 Å². The van der Waals surface area contributed by atoms with Gasteiger partial charge in [-0.05, 0) is 32.4 Å². The van der Waals surface area contributed by atoms with Gasteiger partial charge in [0.1, 0.15) is 12.4 Å². The first-order chi connectivity index (χ1) is 12.2. The van der Waals surface area contributed by atoms with E-state index in [1.165, 1.54) is 5.56 Å². The molecule has 0 bridgehead atoms. The van der Waals surface area contributed by atoms with Gasteiger partial charge >= 0.3 is 0 Å². The van der Waals surface area contributed by atoms with Crippen molar-refractivity contribution in [1.29, 1.82) is 0 Å². The Kier molecular flexibility index (Phi) is 10.0. The molecule has 9 heteroatoms. The highest BCUT2D eigenvalue weighted by atomic mass is 35.5. The summed E-state index contributed by atoms with van der Waals surface area (Å²) in [6.07, 6.45) is 4.66. The summed E-state index contributed by atoms with van der Waals surface area (Å²) in [6.45, 7) is 7.19. The molecular weight excluding hydrogens is 387 g/mol. The molecule has 0 radical (unpaired) electrons. The third kappa shape index (κ3) is 5.78. The second kappa shape index (κ2) is 11.4. The maximum absolute atomic E-state index is 5.54. The maximum atomic E-state index is 5.54. The molecule has 2 aromatic heterocycles. The van der Waals surface area contributed by atoms with Gasteiger partial charge in [0, 0.05) is 38.4 Å². The van der Waals surface area contributed by atoms with Crippen molar-refractivity contribution in [1.82, 2.24) is 25.1 Å². The van der Waals surface area contributed by atoms with Crippen LogP contribution in [0.1, 0.15) is 49.1 Å². The number of hydrogen-bond donors (Lipinski definition) is 2. The summed E-state index contributed by atoms with van der Waals surface area (Å²) < 4.78 is 7.46. The van der Waals surface area contributed by atoms with E-state index in [4.69, 9.17) is 14.7 Å². The lowest BCUT2D eigenvalue weighted by Gasteiger charge is -2.21. The van der Waals surface area contributed by atoms with Crippen molar-refractivity contribution in [3.8, 4) is 0 Å². The highest BCUT2D eigenvalue weighted by Gasteiger charge is 2.20. The van der Waals surface area contributed by atoms with Crippen LogP contribution < -0.4 is 10.6 Å². The lowest BCUT2D eigenvalue weighted by atomic mass is 10.1. The van der Waals surface area contributed by atoms with Gasteiger partial charge in [0.05, 0.1) is 17.4 Å². The minimum atomic E-state index is 0. The standard InChI is InChI=1S/C18H28N6O.2ClH/c1-4-14(16-8-11-20-24(16)3)22-18-13-6-9-19-10-7-15(13)21-17(23-18)12-25-5-2;;/h8,11,14,19H,4-7,9-10,12H2,1-3H3,(H,21,22,23);2*1H. The molecule has 1 aliphatic rings. The van der Waals surface area contributed by atoms with Crippen molar-refractivity contribution >= 4 is 30.6 Å². The molecule has 0 aromatic carbocycles. The lowest BCUT2D eigenvalue weighted by Crippen LogP contribution is -2.18. The Morgan fingerprint density at radius 2 is 2.00 bits per heavy atom. The van der Waals surface area contributed by atoms with Gasteiger partial charge in [-0.2, -0.15) is 5.10 Å². The van der Waals surface area contributed by atoms with Crippen LogP contribution in [0.3, 0.4) is 0 Å². The molecule has 1 atom stereocenters. The first-order valence-corrected chi connectivity index (χ1v) is 9.14. The molecule has 1 unspecified atom stereocenters. The Morgan fingerprint density at radius 3 is 2.67 bits per heavy atom. The van der Waals surface area contributed by atoms with Gasteiger partial charge < -0.3 is 15.4 Å². The lowest BCUT2D eigenvalue weighted by molar-refractivity contribution is 0.128. The summed E-state index contributed by atoms with van der Waals surface area (Å²) >= 11 is 0. The van der Waals surface area contributed by atoms with Gasteiger partial charge in [-0.1, -0.05) is 6.92 Å². The van der Waals surface area contributed by atoms with Crippen molar-refractivity contribution in [2.75, 3.05) is 25.0 Å². The van der Waals surface area contributed by atoms with Crippen molar-refractivity contribution in [2.24, 2.45) is 7.05 Å². The van der Waals surface area contributed by atoms with Gasteiger partial charge in [0.25, 0.3) is 0 Å². The molecule has 7 nitrogen and oxygen atoms in total. The Hall–Kier alpha value is -1.41. The van der Waals surface area contributed by atoms with Gasteiger partial charge in [-0.3, -0.25) is 4.68 Å². The Bertz CT molecular complexity index is 709. The van der Waals surface area contributed by atoms with Crippen LogP contribution in [0.4, 0.5) is 5.82 Å². The number of ether oxygens (including phenoxy) is 1. The Morgan fingerprint density at radius 1 is 1.22 bits per heavy atom. The first-order valence-electron chi connectivity index (χ1n) is 9.14. The Balaban J connectivity index is 0.00000182. The molecule has 3 heterocycles. The van der Waals surface area contributed by atoms with E-state index in [0.29, 0.717) is 13.2 Å². The van der Waals surface area contributed by atoms with E-state index < -0.39 is 0 Å². The van der Waals surface area contributed by atoms with Crippen LogP contribution in [0.15, 0.2) is 12.3 Å². The van der Waals surface area contributed by atoms with Crippen molar-refractivity contribution in [2.45, 2.75) is 45.8 Å². The molecule has 27 heavy (non-hydrogen) atoms. The molecule has 0 saturated heterocycles. The summed E-state index contributed by atoms with van der Waals surface area (Å²) in [5.74, 6) is 1.70. The zero-order valence-corrected chi connectivity index (χ0v) is 17.8. The number of fused-ring (bicyclic) bond motifs is 1. The topological polar surface area (TPSA) is 76.9 Å². The van der Waals surface area contributed by atoms with Crippen LogP contribution in [-0.2, 0) is 31.2 Å². The minimum Gasteiger partial charge on any atom is -0.374 e. The molecule has 3 rings (SSSR count). The molecule has 0 spiro atoms. The van der Waals surface area contributed by atoms with Crippen LogP contribution in [0, 0.1) is 0 Å². The molecule has 2 aromatic rings. The molecular formula is C18H30Cl2N6O. The molecule has 0 aliphatic carbocycles. The summed E-state index contributed by atoms with van der Waals surface area (Å²) in [5, 5.41) is 11.4. The maximum Gasteiger partial charge on any atom is 0.156 e. The van der Waals surface area contributed by atoms with Gasteiger partial charge in [-0.25, -0.2) is 9.97 Å². The van der Waals surface area contributed by atoms with Crippen molar-refractivity contribution in [3.05, 3.63) is 35.0 Å². The van der Waals surface area contributed by atoms with E-state index in [-0.39, 0.29) is 30.9 Å². The van der Waals surface area contributed by atoms with Crippen LogP contribution in [0.5, 0.6) is 0 Å². The predicted molar refractivity (Wildman–Crippen MR) is 112 cm³/mol. The fourth-order valence-electron chi connectivity index (χ4n) is 3.25. The minimum absolute atomic E-state index is 0. The number of hydrogen-bond acceptors (Lipinski definition) is 6. The zero-order valence-electron chi connectivity index (χ0n) is 16.2. The van der Waals surface area contributed by atoms with Crippen LogP contribution in [0.2, 0.25) is 0 Å². The van der Waals surface area contributed by atoms with E-state index >= 15 is 0 Å². The van der Waals surface area contributed by atoms with E-state index in [9.17, 15) is 0 Å². The second-order valence-corrected chi connectivity index (χ2v) is 6.29. The first kappa shape index (κ1) is 23.6. The number of nitrogens with zero attached hydrogens (tertiary/aromatic N) is 4. The van der Waals surface area contributed by atoms with E-state index in [1.807, 2.05) is 24.9 Å². The molecule has 152 valence electrons. The van der Waals surface area contributed by atoms with Crippen LogP contribution >= 0.6 is 24.8 Å². The molecule has 0 fully saturated rings. The van der Waals surface area contributed by atoms with E-state index in [1.54, 1.807) is 0 Å². The zero-order chi connectivity index (χ0) is 17.6. The Labute approximate surface area is 173 Å². The average Bonchev–Trinajstić information content (AvgIpc) is 2.90. The predicted octanol–water partition coefficient (Wildman–Crippen LogP) is 2.84. The smallest absolute Gasteiger partial charge is 0.156 e.